The van der Waals surface area contributed by atoms with Crippen molar-refractivity contribution in [2.24, 2.45) is 4.99 Å². The highest BCUT2D eigenvalue weighted by Gasteiger charge is 2.45. The maximum absolute atomic E-state index is 5.20. The number of nitrogens with one attached hydrogen (secondary N) is 2. The van der Waals surface area contributed by atoms with E-state index in [2.05, 4.69) is 61.0 Å². The third-order valence-electron chi connectivity index (χ3n) is 4.73. The molecule has 0 unspecified atom stereocenters. The van der Waals surface area contributed by atoms with Crippen LogP contribution >= 0.6 is 39.9 Å². The van der Waals surface area contributed by atoms with Crippen LogP contribution in [0.3, 0.4) is 0 Å². The highest BCUT2D eigenvalue weighted by Crippen LogP contribution is 2.49. The molecular formula is C18H24BrIN4O. The van der Waals surface area contributed by atoms with E-state index in [4.69, 9.17) is 4.52 Å². The molecule has 0 spiro atoms. The molecule has 1 aromatic heterocycles. The molecule has 3 rings (SSSR count). The van der Waals surface area contributed by atoms with Crippen molar-refractivity contribution in [3.8, 4) is 0 Å². The SMILES string of the molecule is CN=C(NCc1c(C)noc1C)NCC1(c2ccccc2Br)CC1.I. The van der Waals surface area contributed by atoms with Crippen molar-refractivity contribution in [2.45, 2.75) is 38.6 Å². The second-order valence-corrected chi connectivity index (χ2v) is 7.20. The Morgan fingerprint density at radius 1 is 1.28 bits per heavy atom. The molecule has 1 fully saturated rings. The maximum Gasteiger partial charge on any atom is 0.191 e. The van der Waals surface area contributed by atoms with Gasteiger partial charge in [0.05, 0.1) is 5.69 Å². The van der Waals surface area contributed by atoms with Crippen LogP contribution in [0.4, 0.5) is 0 Å². The molecule has 1 aliphatic rings. The van der Waals surface area contributed by atoms with Crippen LogP contribution in [0.15, 0.2) is 38.3 Å². The van der Waals surface area contributed by atoms with E-state index in [0.717, 1.165) is 29.5 Å². The van der Waals surface area contributed by atoms with Gasteiger partial charge in [-0.2, -0.15) is 0 Å². The van der Waals surface area contributed by atoms with E-state index in [1.807, 2.05) is 13.8 Å². The number of guanidine groups is 1. The molecule has 136 valence electrons. The lowest BCUT2D eigenvalue weighted by Gasteiger charge is -2.20. The topological polar surface area (TPSA) is 62.5 Å². The molecule has 1 heterocycles. The number of aromatic nitrogens is 1. The van der Waals surface area contributed by atoms with Gasteiger partial charge in [-0.3, -0.25) is 4.99 Å². The Balaban J connectivity index is 0.00000225. The largest absolute Gasteiger partial charge is 0.361 e. The number of nitrogens with zero attached hydrogens (tertiary/aromatic N) is 2. The third-order valence-corrected chi connectivity index (χ3v) is 5.42. The Labute approximate surface area is 174 Å². The zero-order chi connectivity index (χ0) is 17.2. The summed E-state index contributed by atoms with van der Waals surface area (Å²) in [6.07, 6.45) is 2.40. The minimum absolute atomic E-state index is 0. The Morgan fingerprint density at radius 3 is 2.56 bits per heavy atom. The fourth-order valence-corrected chi connectivity index (χ4v) is 3.69. The standard InChI is InChI=1S/C18H23BrN4O.HI/c1-12-14(13(2)24-23-12)10-21-17(20-3)22-11-18(8-9-18)15-6-4-5-7-16(15)19;/h4-7H,8-11H2,1-3H3,(H2,20,21,22);1H. The Kier molecular flexibility index (Phi) is 6.90. The van der Waals surface area contributed by atoms with Crippen molar-refractivity contribution in [3.05, 3.63) is 51.3 Å². The van der Waals surface area contributed by atoms with Gasteiger partial charge in [-0.1, -0.05) is 39.3 Å². The van der Waals surface area contributed by atoms with Crippen LogP contribution in [0.2, 0.25) is 0 Å². The van der Waals surface area contributed by atoms with E-state index in [1.54, 1.807) is 7.05 Å². The first-order valence-corrected chi connectivity index (χ1v) is 8.96. The minimum atomic E-state index is 0. The predicted octanol–water partition coefficient (Wildman–Crippen LogP) is 4.07. The predicted molar refractivity (Wildman–Crippen MR) is 115 cm³/mol. The molecular weight excluding hydrogens is 495 g/mol. The molecule has 7 heteroatoms. The number of benzene rings is 1. The molecule has 0 amide bonds. The lowest BCUT2D eigenvalue weighted by molar-refractivity contribution is 0.392. The molecule has 1 aromatic carbocycles. The lowest BCUT2D eigenvalue weighted by atomic mass is 9.96. The summed E-state index contributed by atoms with van der Waals surface area (Å²) in [5.41, 5.74) is 3.59. The normalized spacial score (nSPS) is 15.4. The van der Waals surface area contributed by atoms with Gasteiger partial charge in [-0.05, 0) is 38.3 Å². The summed E-state index contributed by atoms with van der Waals surface area (Å²) in [5.74, 6) is 1.65. The van der Waals surface area contributed by atoms with Crippen molar-refractivity contribution in [1.29, 1.82) is 0 Å². The number of aliphatic imine (C=N–C) groups is 1. The van der Waals surface area contributed by atoms with Crippen LogP contribution in [-0.4, -0.2) is 24.7 Å². The Hall–Kier alpha value is -1.09. The average Bonchev–Trinajstić information content (AvgIpc) is 3.30. The molecule has 0 radical (unpaired) electrons. The van der Waals surface area contributed by atoms with E-state index in [-0.39, 0.29) is 29.4 Å². The molecule has 1 saturated carbocycles. The third kappa shape index (κ3) is 4.55. The van der Waals surface area contributed by atoms with E-state index < -0.39 is 0 Å². The molecule has 0 atom stereocenters. The van der Waals surface area contributed by atoms with Gasteiger partial charge in [-0.25, -0.2) is 0 Å². The van der Waals surface area contributed by atoms with Gasteiger partial charge >= 0.3 is 0 Å². The molecule has 0 saturated heterocycles. The number of aryl methyl sites for hydroxylation is 2. The second kappa shape index (κ2) is 8.53. The molecule has 0 bridgehead atoms. The van der Waals surface area contributed by atoms with Crippen molar-refractivity contribution in [2.75, 3.05) is 13.6 Å². The first-order valence-electron chi connectivity index (χ1n) is 8.17. The van der Waals surface area contributed by atoms with E-state index in [9.17, 15) is 0 Å². The van der Waals surface area contributed by atoms with Crippen molar-refractivity contribution >= 4 is 45.9 Å². The summed E-state index contributed by atoms with van der Waals surface area (Å²) >= 11 is 3.68. The van der Waals surface area contributed by atoms with Crippen LogP contribution in [-0.2, 0) is 12.0 Å². The van der Waals surface area contributed by atoms with Gasteiger partial charge in [-0.15, -0.1) is 24.0 Å². The van der Waals surface area contributed by atoms with E-state index >= 15 is 0 Å². The van der Waals surface area contributed by atoms with Crippen LogP contribution < -0.4 is 10.6 Å². The zero-order valence-corrected chi connectivity index (χ0v) is 18.6. The van der Waals surface area contributed by atoms with Crippen LogP contribution in [0, 0.1) is 13.8 Å². The first kappa shape index (κ1) is 20.2. The molecule has 25 heavy (non-hydrogen) atoms. The smallest absolute Gasteiger partial charge is 0.191 e. The van der Waals surface area contributed by atoms with Crippen molar-refractivity contribution in [1.82, 2.24) is 15.8 Å². The van der Waals surface area contributed by atoms with E-state index in [1.165, 1.54) is 22.9 Å². The average molecular weight is 519 g/mol. The van der Waals surface area contributed by atoms with Gasteiger partial charge in [0.25, 0.3) is 0 Å². The second-order valence-electron chi connectivity index (χ2n) is 6.34. The van der Waals surface area contributed by atoms with Crippen LogP contribution in [0.25, 0.3) is 0 Å². The van der Waals surface area contributed by atoms with Gasteiger partial charge in [0.2, 0.25) is 0 Å². The summed E-state index contributed by atoms with van der Waals surface area (Å²) in [4.78, 5) is 4.33. The monoisotopic (exact) mass is 518 g/mol. The first-order chi connectivity index (χ1) is 11.6. The van der Waals surface area contributed by atoms with Gasteiger partial charge < -0.3 is 15.2 Å². The van der Waals surface area contributed by atoms with Gasteiger partial charge in [0, 0.05) is 35.6 Å². The van der Waals surface area contributed by atoms with Crippen molar-refractivity contribution < 1.29 is 4.52 Å². The quantitative estimate of drug-likeness (QED) is 0.356. The fourth-order valence-electron chi connectivity index (χ4n) is 2.98. The zero-order valence-electron chi connectivity index (χ0n) is 14.7. The molecule has 2 N–H and O–H groups in total. The number of hydrogen-bond acceptors (Lipinski definition) is 3. The summed E-state index contributed by atoms with van der Waals surface area (Å²) in [7, 11) is 1.79. The molecule has 5 nitrogen and oxygen atoms in total. The Bertz CT molecular complexity index is 736. The summed E-state index contributed by atoms with van der Waals surface area (Å²) in [6, 6.07) is 8.48. The maximum atomic E-state index is 5.20. The number of rotatable bonds is 5. The molecule has 1 aliphatic carbocycles. The highest BCUT2D eigenvalue weighted by atomic mass is 127. The fraction of sp³-hybridized carbons (Fsp3) is 0.444. The number of halogens is 2. The number of hydrogen-bond donors (Lipinski definition) is 2. The summed E-state index contributed by atoms with van der Waals surface area (Å²) in [6.45, 7) is 5.41. The Morgan fingerprint density at radius 2 is 2.00 bits per heavy atom. The molecule has 0 aliphatic heterocycles. The highest BCUT2D eigenvalue weighted by molar-refractivity contribution is 14.0. The van der Waals surface area contributed by atoms with Gasteiger partial charge in [0.1, 0.15) is 5.76 Å². The summed E-state index contributed by atoms with van der Waals surface area (Å²) in [5, 5.41) is 10.8. The summed E-state index contributed by atoms with van der Waals surface area (Å²) < 4.78 is 6.38. The van der Waals surface area contributed by atoms with Gasteiger partial charge in [0.15, 0.2) is 5.96 Å². The van der Waals surface area contributed by atoms with Crippen molar-refractivity contribution in [3.63, 3.8) is 0 Å². The van der Waals surface area contributed by atoms with Crippen LogP contribution in [0.1, 0.15) is 35.4 Å². The molecule has 2 aromatic rings. The lowest BCUT2D eigenvalue weighted by Crippen LogP contribution is -2.41. The minimum Gasteiger partial charge on any atom is -0.361 e. The van der Waals surface area contributed by atoms with E-state index in [0.29, 0.717) is 6.54 Å². The van der Waals surface area contributed by atoms with Crippen LogP contribution in [0.5, 0.6) is 0 Å².